The Balaban J connectivity index is 2.76. The topological polar surface area (TPSA) is 35.2 Å². The maximum atomic E-state index is 6.19. The minimum Gasteiger partial charge on any atom is -0.493 e. The third-order valence-corrected chi connectivity index (χ3v) is 2.51. The standard InChI is InChI=1S/C14H23NO/c1-4-9-16-14-8-6-5-7-12(14)13(15)10-11(2)3/h5-8,11,13H,4,9-10,15H2,1-3H3. The van der Waals surface area contributed by atoms with E-state index < -0.39 is 0 Å². The molecule has 0 aliphatic heterocycles. The van der Waals surface area contributed by atoms with E-state index in [0.717, 1.165) is 30.8 Å². The molecule has 0 aliphatic carbocycles. The summed E-state index contributed by atoms with van der Waals surface area (Å²) >= 11 is 0. The van der Waals surface area contributed by atoms with Gasteiger partial charge in [-0.15, -0.1) is 0 Å². The largest absolute Gasteiger partial charge is 0.493 e. The van der Waals surface area contributed by atoms with Crippen LogP contribution in [-0.4, -0.2) is 6.61 Å². The number of para-hydroxylation sites is 1. The molecule has 0 saturated carbocycles. The van der Waals surface area contributed by atoms with Crippen molar-refractivity contribution in [2.75, 3.05) is 6.61 Å². The molecule has 1 rings (SSSR count). The summed E-state index contributed by atoms with van der Waals surface area (Å²) < 4.78 is 5.71. The van der Waals surface area contributed by atoms with Crippen LogP contribution in [0.25, 0.3) is 0 Å². The van der Waals surface area contributed by atoms with Gasteiger partial charge in [0.05, 0.1) is 6.61 Å². The van der Waals surface area contributed by atoms with Crippen LogP contribution >= 0.6 is 0 Å². The third-order valence-electron chi connectivity index (χ3n) is 2.51. The Kier molecular flexibility index (Phi) is 5.33. The highest BCUT2D eigenvalue weighted by Crippen LogP contribution is 2.27. The fourth-order valence-corrected chi connectivity index (χ4v) is 1.77. The van der Waals surface area contributed by atoms with E-state index in [0.29, 0.717) is 5.92 Å². The molecule has 0 bridgehead atoms. The lowest BCUT2D eigenvalue weighted by Crippen LogP contribution is -2.14. The van der Waals surface area contributed by atoms with Crippen molar-refractivity contribution in [1.29, 1.82) is 0 Å². The predicted octanol–water partition coefficient (Wildman–Crippen LogP) is 3.52. The lowest BCUT2D eigenvalue weighted by molar-refractivity contribution is 0.310. The van der Waals surface area contributed by atoms with E-state index in [9.17, 15) is 0 Å². The average molecular weight is 221 g/mol. The van der Waals surface area contributed by atoms with Gasteiger partial charge in [-0.2, -0.15) is 0 Å². The van der Waals surface area contributed by atoms with Crippen molar-refractivity contribution in [1.82, 2.24) is 0 Å². The molecule has 0 aromatic heterocycles. The minimum absolute atomic E-state index is 0.0769. The van der Waals surface area contributed by atoms with Gasteiger partial charge in [-0.05, 0) is 24.8 Å². The van der Waals surface area contributed by atoms with Crippen molar-refractivity contribution in [3.05, 3.63) is 29.8 Å². The van der Waals surface area contributed by atoms with Gasteiger partial charge in [0.1, 0.15) is 5.75 Å². The van der Waals surface area contributed by atoms with Crippen molar-refractivity contribution < 1.29 is 4.74 Å². The molecule has 1 aromatic carbocycles. The zero-order chi connectivity index (χ0) is 12.0. The second-order valence-corrected chi connectivity index (χ2v) is 4.62. The highest BCUT2D eigenvalue weighted by atomic mass is 16.5. The van der Waals surface area contributed by atoms with Crippen molar-refractivity contribution in [3.8, 4) is 5.75 Å². The van der Waals surface area contributed by atoms with E-state index in [1.807, 2.05) is 18.2 Å². The summed E-state index contributed by atoms with van der Waals surface area (Å²) in [4.78, 5) is 0. The number of hydrogen-bond acceptors (Lipinski definition) is 2. The normalized spacial score (nSPS) is 12.8. The number of ether oxygens (including phenoxy) is 1. The van der Waals surface area contributed by atoms with Crippen LogP contribution in [0.1, 0.15) is 45.2 Å². The predicted molar refractivity (Wildman–Crippen MR) is 68.6 cm³/mol. The van der Waals surface area contributed by atoms with Crippen LogP contribution in [0.2, 0.25) is 0 Å². The molecule has 0 spiro atoms. The first-order valence-corrected chi connectivity index (χ1v) is 6.12. The van der Waals surface area contributed by atoms with Crippen LogP contribution < -0.4 is 10.5 Å². The molecular formula is C14H23NO. The van der Waals surface area contributed by atoms with Crippen molar-refractivity contribution >= 4 is 0 Å². The van der Waals surface area contributed by atoms with Gasteiger partial charge in [0, 0.05) is 11.6 Å². The molecular weight excluding hydrogens is 198 g/mol. The van der Waals surface area contributed by atoms with Crippen molar-refractivity contribution in [2.45, 2.75) is 39.7 Å². The number of rotatable bonds is 6. The Labute approximate surface area is 98.8 Å². The first-order chi connectivity index (χ1) is 7.65. The fourth-order valence-electron chi connectivity index (χ4n) is 1.77. The summed E-state index contributed by atoms with van der Waals surface area (Å²) in [6.07, 6.45) is 2.01. The van der Waals surface area contributed by atoms with Gasteiger partial charge in [-0.1, -0.05) is 39.0 Å². The Hall–Kier alpha value is -1.02. The van der Waals surface area contributed by atoms with Crippen LogP contribution in [-0.2, 0) is 0 Å². The molecule has 2 nitrogen and oxygen atoms in total. The molecule has 1 aromatic rings. The van der Waals surface area contributed by atoms with E-state index in [1.165, 1.54) is 0 Å². The Morgan fingerprint density at radius 1 is 1.25 bits per heavy atom. The molecule has 0 aliphatic rings. The van der Waals surface area contributed by atoms with Crippen molar-refractivity contribution in [3.63, 3.8) is 0 Å². The van der Waals surface area contributed by atoms with Crippen LogP contribution in [0.15, 0.2) is 24.3 Å². The maximum Gasteiger partial charge on any atom is 0.124 e. The molecule has 0 amide bonds. The molecule has 0 saturated heterocycles. The summed E-state index contributed by atoms with van der Waals surface area (Å²) in [6.45, 7) is 7.24. The molecule has 0 heterocycles. The van der Waals surface area contributed by atoms with E-state index in [-0.39, 0.29) is 6.04 Å². The zero-order valence-electron chi connectivity index (χ0n) is 10.6. The summed E-state index contributed by atoms with van der Waals surface area (Å²) in [5.41, 5.74) is 7.32. The van der Waals surface area contributed by atoms with Gasteiger partial charge >= 0.3 is 0 Å². The fraction of sp³-hybridized carbons (Fsp3) is 0.571. The quantitative estimate of drug-likeness (QED) is 0.797. The lowest BCUT2D eigenvalue weighted by Gasteiger charge is -2.18. The summed E-state index contributed by atoms with van der Waals surface area (Å²) in [6, 6.07) is 8.17. The highest BCUT2D eigenvalue weighted by molar-refractivity contribution is 5.35. The van der Waals surface area contributed by atoms with Crippen LogP contribution in [0.3, 0.4) is 0 Å². The average Bonchev–Trinajstić information content (AvgIpc) is 2.25. The van der Waals surface area contributed by atoms with Gasteiger partial charge < -0.3 is 10.5 Å². The SMILES string of the molecule is CCCOc1ccccc1C(N)CC(C)C. The first kappa shape index (κ1) is 13.0. The number of nitrogens with two attached hydrogens (primary N) is 1. The molecule has 0 fully saturated rings. The third kappa shape index (κ3) is 3.86. The molecule has 2 heteroatoms. The Morgan fingerprint density at radius 3 is 2.56 bits per heavy atom. The molecule has 2 N–H and O–H groups in total. The minimum atomic E-state index is 0.0769. The van der Waals surface area contributed by atoms with Crippen molar-refractivity contribution in [2.24, 2.45) is 11.7 Å². The van der Waals surface area contributed by atoms with Gasteiger partial charge in [-0.3, -0.25) is 0 Å². The summed E-state index contributed by atoms with van der Waals surface area (Å²) in [5, 5.41) is 0. The van der Waals surface area contributed by atoms with Crippen LogP contribution in [0, 0.1) is 5.92 Å². The second kappa shape index (κ2) is 6.54. The summed E-state index contributed by atoms with van der Waals surface area (Å²) in [7, 11) is 0. The Bertz CT molecular complexity index is 309. The van der Waals surface area contributed by atoms with Crippen LogP contribution in [0.4, 0.5) is 0 Å². The van der Waals surface area contributed by atoms with E-state index >= 15 is 0 Å². The number of hydrogen-bond donors (Lipinski definition) is 1. The summed E-state index contributed by atoms with van der Waals surface area (Å²) in [5.74, 6) is 1.55. The molecule has 90 valence electrons. The molecule has 0 radical (unpaired) electrons. The van der Waals surface area contributed by atoms with Gasteiger partial charge in [-0.25, -0.2) is 0 Å². The van der Waals surface area contributed by atoms with Crippen LogP contribution in [0.5, 0.6) is 5.75 Å². The Morgan fingerprint density at radius 2 is 1.94 bits per heavy atom. The smallest absolute Gasteiger partial charge is 0.124 e. The lowest BCUT2D eigenvalue weighted by atomic mass is 9.97. The van der Waals surface area contributed by atoms with Gasteiger partial charge in [0.15, 0.2) is 0 Å². The number of benzene rings is 1. The van der Waals surface area contributed by atoms with Gasteiger partial charge in [0.25, 0.3) is 0 Å². The van der Waals surface area contributed by atoms with E-state index in [2.05, 4.69) is 26.8 Å². The maximum absolute atomic E-state index is 6.19. The van der Waals surface area contributed by atoms with Gasteiger partial charge in [0.2, 0.25) is 0 Å². The second-order valence-electron chi connectivity index (χ2n) is 4.62. The van der Waals surface area contributed by atoms with E-state index in [1.54, 1.807) is 0 Å². The molecule has 16 heavy (non-hydrogen) atoms. The molecule has 1 atom stereocenters. The van der Waals surface area contributed by atoms with E-state index in [4.69, 9.17) is 10.5 Å². The zero-order valence-corrected chi connectivity index (χ0v) is 10.6. The first-order valence-electron chi connectivity index (χ1n) is 6.12. The molecule has 1 unspecified atom stereocenters. The monoisotopic (exact) mass is 221 g/mol. The highest BCUT2D eigenvalue weighted by Gasteiger charge is 2.12.